The summed E-state index contributed by atoms with van der Waals surface area (Å²) in [5.41, 5.74) is 1.93. The zero-order valence-corrected chi connectivity index (χ0v) is 16.6. The summed E-state index contributed by atoms with van der Waals surface area (Å²) in [5, 5.41) is 9.25. The first-order valence-electron chi connectivity index (χ1n) is 8.74. The number of benzene rings is 1. The third-order valence-corrected chi connectivity index (χ3v) is 6.72. The molecule has 0 radical (unpaired) electrons. The van der Waals surface area contributed by atoms with Crippen LogP contribution in [0, 0.1) is 0 Å². The van der Waals surface area contributed by atoms with Crippen molar-refractivity contribution in [3.63, 3.8) is 0 Å². The molecule has 7 nitrogen and oxygen atoms in total. The molecule has 0 saturated carbocycles. The highest BCUT2D eigenvalue weighted by molar-refractivity contribution is 7.92. The van der Waals surface area contributed by atoms with Gasteiger partial charge in [-0.25, -0.2) is 8.42 Å². The molecule has 1 aliphatic rings. The molecule has 1 aromatic rings. The third-order valence-electron chi connectivity index (χ3n) is 4.59. The zero-order chi connectivity index (χ0) is 19.4. The second kappa shape index (κ2) is 8.07. The molecule has 0 aliphatic carbocycles. The summed E-state index contributed by atoms with van der Waals surface area (Å²) in [4.78, 5) is 16.3. The number of anilines is 1. The van der Waals surface area contributed by atoms with Crippen molar-refractivity contribution in [1.29, 1.82) is 0 Å². The normalized spacial score (nSPS) is 18.1. The van der Waals surface area contributed by atoms with Crippen LogP contribution >= 0.6 is 0 Å². The van der Waals surface area contributed by atoms with Crippen LogP contribution in [-0.2, 0) is 14.6 Å². The van der Waals surface area contributed by atoms with Gasteiger partial charge < -0.3 is 16.0 Å². The van der Waals surface area contributed by atoms with Crippen LogP contribution in [0.3, 0.4) is 0 Å². The Balaban J connectivity index is 2.09. The summed E-state index contributed by atoms with van der Waals surface area (Å²) in [6.07, 6.45) is 1.62. The topological polar surface area (TPSA) is 99.7 Å². The smallest absolute Gasteiger partial charge is 0.225 e. The molecule has 2 rings (SSSR count). The van der Waals surface area contributed by atoms with E-state index in [9.17, 15) is 13.2 Å². The molecule has 1 heterocycles. The monoisotopic (exact) mass is 380 g/mol. The Kier molecular flexibility index (Phi) is 6.28. The van der Waals surface area contributed by atoms with E-state index in [1.165, 1.54) is 6.26 Å². The molecular formula is C18H28N4O3S. The fourth-order valence-corrected chi connectivity index (χ4v) is 2.93. The van der Waals surface area contributed by atoms with Gasteiger partial charge in [-0.3, -0.25) is 9.79 Å². The molecule has 1 atom stereocenters. The molecule has 0 saturated heterocycles. The van der Waals surface area contributed by atoms with Gasteiger partial charge in [0.25, 0.3) is 0 Å². The Morgan fingerprint density at radius 2 is 2.00 bits per heavy atom. The van der Waals surface area contributed by atoms with E-state index in [1.807, 2.05) is 31.2 Å². The Hall–Kier alpha value is -2.09. The largest absolute Gasteiger partial charge is 0.357 e. The van der Waals surface area contributed by atoms with Gasteiger partial charge in [-0.2, -0.15) is 0 Å². The van der Waals surface area contributed by atoms with Crippen LogP contribution in [0.2, 0.25) is 0 Å². The molecule has 144 valence electrons. The van der Waals surface area contributed by atoms with Crippen molar-refractivity contribution in [1.82, 2.24) is 10.6 Å². The second-order valence-corrected chi connectivity index (χ2v) is 9.79. The molecule has 1 aromatic carbocycles. The molecule has 0 bridgehead atoms. The molecule has 0 fully saturated rings. The number of sulfone groups is 1. The number of fused-ring (bicyclic) bond motifs is 1. The number of aliphatic imine (C=N–C) groups is 1. The van der Waals surface area contributed by atoms with Crippen LogP contribution in [0.25, 0.3) is 0 Å². The minimum Gasteiger partial charge on any atom is -0.357 e. The number of hydrogen-bond donors (Lipinski definition) is 3. The molecule has 1 amide bonds. The lowest BCUT2D eigenvalue weighted by molar-refractivity contribution is -0.116. The highest BCUT2D eigenvalue weighted by Crippen LogP contribution is 2.31. The molecule has 0 aromatic heterocycles. The second-order valence-electron chi connectivity index (χ2n) is 7.14. The van der Waals surface area contributed by atoms with Crippen molar-refractivity contribution in [3.05, 3.63) is 29.8 Å². The molecule has 1 unspecified atom stereocenters. The van der Waals surface area contributed by atoms with Crippen LogP contribution in [0.15, 0.2) is 29.3 Å². The number of nitrogens with zero attached hydrogens (tertiary/aromatic N) is 1. The van der Waals surface area contributed by atoms with Gasteiger partial charge in [0.15, 0.2) is 15.8 Å². The molecular weight excluding hydrogens is 352 g/mol. The zero-order valence-electron chi connectivity index (χ0n) is 15.8. The number of rotatable bonds is 6. The summed E-state index contributed by atoms with van der Waals surface area (Å²) in [6.45, 7) is 6.63. The van der Waals surface area contributed by atoms with E-state index in [0.717, 1.165) is 11.3 Å². The van der Waals surface area contributed by atoms with Gasteiger partial charge in [-0.1, -0.05) is 18.2 Å². The fourth-order valence-electron chi connectivity index (χ4n) is 2.63. The maximum absolute atomic E-state index is 11.9. The third kappa shape index (κ3) is 4.97. The highest BCUT2D eigenvalue weighted by Gasteiger charge is 2.30. The molecule has 0 spiro atoms. The first kappa shape index (κ1) is 20.2. The average molecular weight is 381 g/mol. The summed E-state index contributed by atoms with van der Waals surface area (Å²) in [5.74, 6) is 0.579. The number of nitrogens with one attached hydrogen (secondary N) is 3. The van der Waals surface area contributed by atoms with Crippen molar-refractivity contribution in [2.45, 2.75) is 37.9 Å². The van der Waals surface area contributed by atoms with E-state index >= 15 is 0 Å². The molecule has 3 N–H and O–H groups in total. The highest BCUT2D eigenvalue weighted by atomic mass is 32.2. The maximum atomic E-state index is 11.9. The number of guanidine groups is 1. The van der Waals surface area contributed by atoms with Crippen LogP contribution < -0.4 is 16.0 Å². The quantitative estimate of drug-likeness (QED) is 0.513. The van der Waals surface area contributed by atoms with Crippen molar-refractivity contribution < 1.29 is 13.2 Å². The van der Waals surface area contributed by atoms with E-state index in [0.29, 0.717) is 25.5 Å². The Morgan fingerprint density at radius 1 is 1.31 bits per heavy atom. The van der Waals surface area contributed by atoms with Gasteiger partial charge in [0.05, 0.1) is 11.3 Å². The van der Waals surface area contributed by atoms with Crippen LogP contribution in [0.5, 0.6) is 0 Å². The van der Waals surface area contributed by atoms with Crippen LogP contribution in [0.4, 0.5) is 5.69 Å². The van der Waals surface area contributed by atoms with E-state index in [2.05, 4.69) is 20.9 Å². The van der Waals surface area contributed by atoms with E-state index < -0.39 is 14.6 Å². The van der Waals surface area contributed by atoms with Gasteiger partial charge in [-0.15, -0.1) is 0 Å². The summed E-state index contributed by atoms with van der Waals surface area (Å²) in [7, 11) is -3.21. The van der Waals surface area contributed by atoms with Crippen molar-refractivity contribution in [3.8, 4) is 0 Å². The van der Waals surface area contributed by atoms with Gasteiger partial charge in [0.2, 0.25) is 5.91 Å². The van der Waals surface area contributed by atoms with Gasteiger partial charge >= 0.3 is 0 Å². The Labute approximate surface area is 155 Å². The molecule has 26 heavy (non-hydrogen) atoms. The number of carbonyl (C=O) groups excluding carboxylic acids is 1. The minimum absolute atomic E-state index is 0.00403. The average Bonchev–Trinajstić information content (AvgIpc) is 2.56. The Bertz CT molecular complexity index is 787. The lowest BCUT2D eigenvalue weighted by Gasteiger charge is -2.26. The van der Waals surface area contributed by atoms with Crippen molar-refractivity contribution >= 4 is 27.4 Å². The predicted molar refractivity (Wildman–Crippen MR) is 105 cm³/mol. The predicted octanol–water partition coefficient (Wildman–Crippen LogP) is 1.49. The SMILES string of the molecule is CCNC(=NCC(C)(C)S(C)(=O)=O)NCC1CC(=O)Nc2ccccc21. The summed E-state index contributed by atoms with van der Waals surface area (Å²) >= 11 is 0. The summed E-state index contributed by atoms with van der Waals surface area (Å²) in [6, 6.07) is 7.76. The van der Waals surface area contributed by atoms with E-state index in [4.69, 9.17) is 0 Å². The minimum atomic E-state index is -3.21. The van der Waals surface area contributed by atoms with Crippen molar-refractivity contribution in [2.75, 3.05) is 31.2 Å². The maximum Gasteiger partial charge on any atom is 0.225 e. The van der Waals surface area contributed by atoms with Gasteiger partial charge in [0, 0.05) is 37.4 Å². The number of amides is 1. The van der Waals surface area contributed by atoms with E-state index in [1.54, 1.807) is 13.8 Å². The number of para-hydroxylation sites is 1. The lowest BCUT2D eigenvalue weighted by Crippen LogP contribution is -2.42. The van der Waals surface area contributed by atoms with Crippen molar-refractivity contribution in [2.24, 2.45) is 4.99 Å². The van der Waals surface area contributed by atoms with E-state index in [-0.39, 0.29) is 18.4 Å². The number of carbonyl (C=O) groups is 1. The van der Waals surface area contributed by atoms with Crippen LogP contribution in [0.1, 0.15) is 38.7 Å². The van der Waals surface area contributed by atoms with Gasteiger partial charge in [-0.05, 0) is 32.4 Å². The summed E-state index contributed by atoms with van der Waals surface area (Å²) < 4.78 is 22.8. The van der Waals surface area contributed by atoms with Crippen LogP contribution in [-0.4, -0.2) is 50.9 Å². The molecule has 8 heteroatoms. The molecule has 1 aliphatic heterocycles. The fraction of sp³-hybridized carbons (Fsp3) is 0.556. The number of hydrogen-bond acceptors (Lipinski definition) is 4. The first-order valence-corrected chi connectivity index (χ1v) is 10.6. The standard InChI is InChI=1S/C18H28N4O3S/c1-5-19-17(21-12-18(2,3)26(4,24)25)20-11-13-10-16(23)22-15-9-7-6-8-14(13)15/h6-9,13H,5,10-12H2,1-4H3,(H,22,23)(H2,19,20,21). The first-order chi connectivity index (χ1) is 12.1. The lowest BCUT2D eigenvalue weighted by atomic mass is 9.90. The van der Waals surface area contributed by atoms with Gasteiger partial charge in [0.1, 0.15) is 0 Å². The Morgan fingerprint density at radius 3 is 2.65 bits per heavy atom.